The number of esters is 1. The molecule has 0 aromatic heterocycles. The van der Waals surface area contributed by atoms with Gasteiger partial charge in [-0.3, -0.25) is 9.59 Å². The van der Waals surface area contributed by atoms with Crippen molar-refractivity contribution in [3.8, 4) is 0 Å². The molecule has 0 fully saturated rings. The molecule has 0 heterocycles. The maximum Gasteiger partial charge on any atom is 0.316 e. The number of rotatable bonds is 4. The molecule has 1 N–H and O–H groups in total. The number of carbonyl (C=O) groups is 2. The summed E-state index contributed by atoms with van der Waals surface area (Å²) in [6, 6.07) is 9.34. The molecular weight excluding hydrogens is 218 g/mol. The molecule has 0 unspecified atom stereocenters. The fourth-order valence-corrected chi connectivity index (χ4v) is 1.36. The molecule has 0 aliphatic rings. The molecule has 0 radical (unpaired) electrons. The lowest BCUT2D eigenvalue weighted by Crippen LogP contribution is -2.34. The first-order valence-corrected chi connectivity index (χ1v) is 5.42. The van der Waals surface area contributed by atoms with Crippen molar-refractivity contribution >= 4 is 11.9 Å². The zero-order valence-corrected chi connectivity index (χ0v) is 10.3. The molecule has 0 aliphatic heterocycles. The van der Waals surface area contributed by atoms with Crippen molar-refractivity contribution < 1.29 is 14.3 Å². The molecule has 1 aromatic carbocycles. The van der Waals surface area contributed by atoms with Crippen LogP contribution in [-0.2, 0) is 19.7 Å². The van der Waals surface area contributed by atoms with Gasteiger partial charge in [0.25, 0.3) is 5.91 Å². The van der Waals surface area contributed by atoms with E-state index in [1.54, 1.807) is 13.8 Å². The van der Waals surface area contributed by atoms with E-state index in [0.717, 1.165) is 5.56 Å². The summed E-state index contributed by atoms with van der Waals surface area (Å²) < 4.78 is 4.96. The molecule has 17 heavy (non-hydrogen) atoms. The second-order valence-electron chi connectivity index (χ2n) is 4.24. The Hall–Kier alpha value is -1.84. The van der Waals surface area contributed by atoms with Crippen molar-refractivity contribution in [1.29, 1.82) is 0 Å². The number of hydrogen-bond donors (Lipinski definition) is 1. The van der Waals surface area contributed by atoms with E-state index in [1.165, 1.54) is 7.05 Å². The van der Waals surface area contributed by atoms with Crippen LogP contribution in [-0.4, -0.2) is 25.5 Å². The Balaban J connectivity index is 2.71. The zero-order valence-electron chi connectivity index (χ0n) is 10.3. The van der Waals surface area contributed by atoms with Gasteiger partial charge in [-0.1, -0.05) is 30.3 Å². The standard InChI is InChI=1S/C13H17NO3/c1-13(2,10-7-5-4-6-8-10)12(16)17-9-11(15)14-3/h4-8H,9H2,1-3H3,(H,14,15). The molecule has 1 amide bonds. The summed E-state index contributed by atoms with van der Waals surface area (Å²) in [5.41, 5.74) is 0.108. The highest BCUT2D eigenvalue weighted by atomic mass is 16.5. The minimum absolute atomic E-state index is 0.244. The van der Waals surface area contributed by atoms with Crippen LogP contribution in [0, 0.1) is 0 Å². The first kappa shape index (κ1) is 13.2. The maximum atomic E-state index is 11.9. The van der Waals surface area contributed by atoms with E-state index in [2.05, 4.69) is 5.32 Å². The Labute approximate surface area is 101 Å². The first-order chi connectivity index (χ1) is 7.98. The van der Waals surface area contributed by atoms with Crippen molar-refractivity contribution in [2.45, 2.75) is 19.3 Å². The third-order valence-electron chi connectivity index (χ3n) is 2.62. The van der Waals surface area contributed by atoms with Gasteiger partial charge in [0.15, 0.2) is 6.61 Å². The van der Waals surface area contributed by atoms with Gasteiger partial charge in [0, 0.05) is 7.05 Å². The fraction of sp³-hybridized carbons (Fsp3) is 0.385. The van der Waals surface area contributed by atoms with Crippen LogP contribution in [0.1, 0.15) is 19.4 Å². The van der Waals surface area contributed by atoms with Crippen LogP contribution < -0.4 is 5.32 Å². The SMILES string of the molecule is CNC(=O)COC(=O)C(C)(C)c1ccccc1. The zero-order chi connectivity index (χ0) is 12.9. The summed E-state index contributed by atoms with van der Waals surface area (Å²) >= 11 is 0. The molecule has 1 rings (SSSR count). The van der Waals surface area contributed by atoms with Gasteiger partial charge in [-0.25, -0.2) is 0 Å². The number of ether oxygens (including phenoxy) is 1. The molecule has 4 nitrogen and oxygen atoms in total. The van der Waals surface area contributed by atoms with Crippen LogP contribution in [0.2, 0.25) is 0 Å². The van der Waals surface area contributed by atoms with Gasteiger partial charge >= 0.3 is 5.97 Å². The predicted octanol–water partition coefficient (Wildman–Crippen LogP) is 1.25. The summed E-state index contributed by atoms with van der Waals surface area (Å²) in [5, 5.41) is 2.40. The van der Waals surface area contributed by atoms with E-state index < -0.39 is 11.4 Å². The van der Waals surface area contributed by atoms with E-state index in [0.29, 0.717) is 0 Å². The van der Waals surface area contributed by atoms with Crippen molar-refractivity contribution in [3.63, 3.8) is 0 Å². The van der Waals surface area contributed by atoms with Crippen molar-refractivity contribution in [1.82, 2.24) is 5.32 Å². The third-order valence-corrected chi connectivity index (χ3v) is 2.62. The molecule has 0 bridgehead atoms. The quantitative estimate of drug-likeness (QED) is 0.799. The monoisotopic (exact) mass is 235 g/mol. The molecule has 0 atom stereocenters. The van der Waals surface area contributed by atoms with Gasteiger partial charge in [-0.15, -0.1) is 0 Å². The summed E-state index contributed by atoms with van der Waals surface area (Å²) in [4.78, 5) is 22.9. The largest absolute Gasteiger partial charge is 0.455 e. The normalized spacial score (nSPS) is 10.8. The van der Waals surface area contributed by atoms with Crippen LogP contribution in [0.25, 0.3) is 0 Å². The minimum Gasteiger partial charge on any atom is -0.455 e. The molecular formula is C13H17NO3. The van der Waals surface area contributed by atoms with Crippen LogP contribution >= 0.6 is 0 Å². The number of benzene rings is 1. The summed E-state index contributed by atoms with van der Waals surface area (Å²) in [7, 11) is 1.50. The van der Waals surface area contributed by atoms with E-state index in [-0.39, 0.29) is 12.5 Å². The second kappa shape index (κ2) is 5.48. The van der Waals surface area contributed by atoms with Crippen LogP contribution in [0.3, 0.4) is 0 Å². The number of likely N-dealkylation sites (N-methyl/N-ethyl adjacent to an activating group) is 1. The van der Waals surface area contributed by atoms with Gasteiger partial charge < -0.3 is 10.1 Å². The Bertz CT molecular complexity index is 398. The lowest BCUT2D eigenvalue weighted by Gasteiger charge is -2.22. The summed E-state index contributed by atoms with van der Waals surface area (Å²) in [5.74, 6) is -0.727. The Morgan fingerprint density at radius 1 is 1.24 bits per heavy atom. The van der Waals surface area contributed by atoms with E-state index in [4.69, 9.17) is 4.74 Å². The van der Waals surface area contributed by atoms with Crippen molar-refractivity contribution in [2.75, 3.05) is 13.7 Å². The van der Waals surface area contributed by atoms with Gasteiger partial charge in [-0.05, 0) is 19.4 Å². The molecule has 92 valence electrons. The van der Waals surface area contributed by atoms with Gasteiger partial charge in [0.05, 0.1) is 5.41 Å². The molecule has 0 aliphatic carbocycles. The number of amides is 1. The average molecular weight is 235 g/mol. The van der Waals surface area contributed by atoms with Crippen LogP contribution in [0.4, 0.5) is 0 Å². The van der Waals surface area contributed by atoms with Crippen molar-refractivity contribution in [3.05, 3.63) is 35.9 Å². The van der Waals surface area contributed by atoms with Crippen LogP contribution in [0.15, 0.2) is 30.3 Å². The van der Waals surface area contributed by atoms with Crippen molar-refractivity contribution in [2.24, 2.45) is 0 Å². The highest BCUT2D eigenvalue weighted by molar-refractivity contribution is 5.85. The number of carbonyl (C=O) groups excluding carboxylic acids is 2. The number of nitrogens with one attached hydrogen (secondary N) is 1. The molecule has 0 saturated heterocycles. The van der Waals surface area contributed by atoms with Gasteiger partial charge in [-0.2, -0.15) is 0 Å². The topological polar surface area (TPSA) is 55.4 Å². The maximum absolute atomic E-state index is 11.9. The molecule has 4 heteroatoms. The lowest BCUT2D eigenvalue weighted by molar-refractivity contribution is -0.153. The Kier molecular flexibility index (Phi) is 4.26. The predicted molar refractivity (Wildman–Crippen MR) is 64.5 cm³/mol. The highest BCUT2D eigenvalue weighted by Crippen LogP contribution is 2.24. The van der Waals surface area contributed by atoms with E-state index >= 15 is 0 Å². The summed E-state index contributed by atoms with van der Waals surface area (Å²) in [6.07, 6.45) is 0. The second-order valence-corrected chi connectivity index (χ2v) is 4.24. The van der Waals surface area contributed by atoms with Gasteiger partial charge in [0.1, 0.15) is 0 Å². The Morgan fingerprint density at radius 3 is 2.35 bits per heavy atom. The Morgan fingerprint density at radius 2 is 1.82 bits per heavy atom. The highest BCUT2D eigenvalue weighted by Gasteiger charge is 2.31. The molecule has 1 aromatic rings. The first-order valence-electron chi connectivity index (χ1n) is 5.42. The minimum atomic E-state index is -0.755. The molecule has 0 saturated carbocycles. The molecule has 0 spiro atoms. The fourth-order valence-electron chi connectivity index (χ4n) is 1.36. The van der Waals surface area contributed by atoms with Gasteiger partial charge in [0.2, 0.25) is 0 Å². The number of hydrogen-bond acceptors (Lipinski definition) is 3. The smallest absolute Gasteiger partial charge is 0.316 e. The van der Waals surface area contributed by atoms with Crippen LogP contribution in [0.5, 0.6) is 0 Å². The summed E-state index contributed by atoms with van der Waals surface area (Å²) in [6.45, 7) is 3.30. The average Bonchev–Trinajstić information content (AvgIpc) is 2.36. The van der Waals surface area contributed by atoms with E-state index in [9.17, 15) is 9.59 Å². The third kappa shape index (κ3) is 3.31. The van der Waals surface area contributed by atoms with E-state index in [1.807, 2.05) is 30.3 Å². The lowest BCUT2D eigenvalue weighted by atomic mass is 9.85.